The van der Waals surface area contributed by atoms with Gasteiger partial charge in [-0.3, -0.25) is 4.79 Å². The molecule has 1 amide bonds. The third-order valence-corrected chi connectivity index (χ3v) is 4.08. The second kappa shape index (κ2) is 7.62. The van der Waals surface area contributed by atoms with E-state index >= 15 is 0 Å². The van der Waals surface area contributed by atoms with Gasteiger partial charge in [-0.15, -0.1) is 0 Å². The Hall–Kier alpha value is -3.14. The van der Waals surface area contributed by atoms with E-state index in [2.05, 4.69) is 29.4 Å². The Morgan fingerprint density at radius 1 is 0.960 bits per heavy atom. The summed E-state index contributed by atoms with van der Waals surface area (Å²) >= 11 is 0. The van der Waals surface area contributed by atoms with Crippen molar-refractivity contribution in [2.45, 2.75) is 13.3 Å². The minimum atomic E-state index is -0.134. The highest BCUT2D eigenvalue weighted by molar-refractivity contribution is 6.04. The molecule has 0 saturated heterocycles. The lowest BCUT2D eigenvalue weighted by molar-refractivity contribution is 0.0988. The van der Waals surface area contributed by atoms with E-state index in [0.717, 1.165) is 23.5 Å². The Labute approximate surface area is 148 Å². The van der Waals surface area contributed by atoms with Gasteiger partial charge >= 0.3 is 0 Å². The normalized spacial score (nSPS) is 10.3. The standard InChI is InChI=1S/C21H21N3O/c1-3-16-9-11-17(12-10-16)23-18-13-14-20(22-15-18)21(25)24(2)19-7-5-4-6-8-19/h4-15,23H,3H2,1-2H3. The van der Waals surface area contributed by atoms with Crippen molar-refractivity contribution >= 4 is 23.0 Å². The topological polar surface area (TPSA) is 45.2 Å². The summed E-state index contributed by atoms with van der Waals surface area (Å²) in [5.41, 5.74) is 4.40. The summed E-state index contributed by atoms with van der Waals surface area (Å²) in [4.78, 5) is 18.4. The zero-order valence-electron chi connectivity index (χ0n) is 14.4. The SMILES string of the molecule is CCc1ccc(Nc2ccc(C(=O)N(C)c3ccccc3)nc2)cc1. The summed E-state index contributed by atoms with van der Waals surface area (Å²) in [5.74, 6) is -0.134. The van der Waals surface area contributed by atoms with Crippen molar-refractivity contribution in [1.29, 1.82) is 0 Å². The average Bonchev–Trinajstić information content (AvgIpc) is 2.69. The van der Waals surface area contributed by atoms with E-state index in [1.807, 2.05) is 48.5 Å². The van der Waals surface area contributed by atoms with Crippen LogP contribution in [0.3, 0.4) is 0 Å². The van der Waals surface area contributed by atoms with E-state index in [1.165, 1.54) is 5.56 Å². The van der Waals surface area contributed by atoms with E-state index in [1.54, 1.807) is 24.2 Å². The van der Waals surface area contributed by atoms with E-state index < -0.39 is 0 Å². The van der Waals surface area contributed by atoms with Gasteiger partial charge in [0.15, 0.2) is 0 Å². The predicted octanol–water partition coefficient (Wildman–Crippen LogP) is 4.66. The first-order valence-corrected chi connectivity index (χ1v) is 8.32. The zero-order valence-corrected chi connectivity index (χ0v) is 14.4. The van der Waals surface area contributed by atoms with Gasteiger partial charge in [-0.05, 0) is 48.4 Å². The molecular weight excluding hydrogens is 310 g/mol. The monoisotopic (exact) mass is 331 g/mol. The molecule has 1 heterocycles. The van der Waals surface area contributed by atoms with Crippen molar-refractivity contribution < 1.29 is 4.79 Å². The quantitative estimate of drug-likeness (QED) is 0.739. The number of hydrogen-bond acceptors (Lipinski definition) is 3. The number of nitrogens with zero attached hydrogens (tertiary/aromatic N) is 2. The van der Waals surface area contributed by atoms with Crippen molar-refractivity contribution in [3.8, 4) is 0 Å². The Morgan fingerprint density at radius 3 is 2.24 bits per heavy atom. The van der Waals surface area contributed by atoms with Gasteiger partial charge < -0.3 is 10.2 Å². The van der Waals surface area contributed by atoms with Gasteiger partial charge in [-0.1, -0.05) is 37.3 Å². The van der Waals surface area contributed by atoms with Gasteiger partial charge in [-0.2, -0.15) is 0 Å². The van der Waals surface area contributed by atoms with Gasteiger partial charge in [-0.25, -0.2) is 4.98 Å². The van der Waals surface area contributed by atoms with Crippen molar-refractivity contribution in [2.75, 3.05) is 17.3 Å². The molecule has 0 aliphatic heterocycles. The van der Waals surface area contributed by atoms with Crippen molar-refractivity contribution in [2.24, 2.45) is 0 Å². The molecule has 0 saturated carbocycles. The Kier molecular flexibility index (Phi) is 5.09. The predicted molar refractivity (Wildman–Crippen MR) is 103 cm³/mol. The molecule has 126 valence electrons. The number of carbonyl (C=O) groups is 1. The van der Waals surface area contributed by atoms with Gasteiger partial charge in [0, 0.05) is 18.4 Å². The summed E-state index contributed by atoms with van der Waals surface area (Å²) in [6, 6.07) is 21.4. The van der Waals surface area contributed by atoms with Crippen LogP contribution in [0.25, 0.3) is 0 Å². The first kappa shape index (κ1) is 16.7. The van der Waals surface area contributed by atoms with Crippen LogP contribution in [0.15, 0.2) is 72.9 Å². The van der Waals surface area contributed by atoms with Gasteiger partial charge in [0.1, 0.15) is 5.69 Å². The first-order chi connectivity index (χ1) is 12.2. The minimum Gasteiger partial charge on any atom is -0.354 e. The molecule has 1 N–H and O–H groups in total. The molecule has 3 rings (SSSR count). The third kappa shape index (κ3) is 4.04. The number of nitrogens with one attached hydrogen (secondary N) is 1. The van der Waals surface area contributed by atoms with Crippen LogP contribution in [-0.4, -0.2) is 17.9 Å². The molecule has 0 bridgehead atoms. The summed E-state index contributed by atoms with van der Waals surface area (Å²) < 4.78 is 0. The van der Waals surface area contributed by atoms with Gasteiger partial charge in [0.25, 0.3) is 5.91 Å². The Morgan fingerprint density at radius 2 is 1.64 bits per heavy atom. The summed E-state index contributed by atoms with van der Waals surface area (Å²) in [5, 5.41) is 3.29. The molecule has 4 nitrogen and oxygen atoms in total. The number of rotatable bonds is 5. The number of pyridine rings is 1. The fraction of sp³-hybridized carbons (Fsp3) is 0.143. The van der Waals surface area contributed by atoms with Crippen LogP contribution in [0.1, 0.15) is 23.0 Å². The summed E-state index contributed by atoms with van der Waals surface area (Å²) in [6.45, 7) is 2.13. The maximum absolute atomic E-state index is 12.5. The molecule has 2 aromatic carbocycles. The number of para-hydroxylation sites is 1. The van der Waals surface area contributed by atoms with Crippen LogP contribution in [0.4, 0.5) is 17.1 Å². The summed E-state index contributed by atoms with van der Waals surface area (Å²) in [6.07, 6.45) is 2.70. The van der Waals surface area contributed by atoms with Crippen LogP contribution in [0, 0.1) is 0 Å². The molecule has 1 aromatic heterocycles. The molecule has 4 heteroatoms. The number of anilines is 3. The van der Waals surface area contributed by atoms with Crippen LogP contribution < -0.4 is 10.2 Å². The zero-order chi connectivity index (χ0) is 17.6. The van der Waals surface area contributed by atoms with Crippen molar-refractivity contribution in [3.63, 3.8) is 0 Å². The molecule has 3 aromatic rings. The van der Waals surface area contributed by atoms with Crippen LogP contribution in [0.5, 0.6) is 0 Å². The number of aromatic nitrogens is 1. The lowest BCUT2D eigenvalue weighted by atomic mass is 10.1. The number of amides is 1. The second-order valence-electron chi connectivity index (χ2n) is 5.81. The summed E-state index contributed by atoms with van der Waals surface area (Å²) in [7, 11) is 1.75. The number of hydrogen-bond donors (Lipinski definition) is 1. The maximum Gasteiger partial charge on any atom is 0.276 e. The first-order valence-electron chi connectivity index (χ1n) is 8.32. The molecule has 0 atom stereocenters. The molecule has 0 radical (unpaired) electrons. The van der Waals surface area contributed by atoms with Crippen LogP contribution in [0.2, 0.25) is 0 Å². The minimum absolute atomic E-state index is 0.134. The second-order valence-corrected chi connectivity index (χ2v) is 5.81. The van der Waals surface area contributed by atoms with Crippen molar-refractivity contribution in [1.82, 2.24) is 4.98 Å². The van der Waals surface area contributed by atoms with Crippen molar-refractivity contribution in [3.05, 3.63) is 84.2 Å². The van der Waals surface area contributed by atoms with Crippen LogP contribution in [-0.2, 0) is 6.42 Å². The van der Waals surface area contributed by atoms with E-state index in [-0.39, 0.29) is 5.91 Å². The molecule has 0 aliphatic rings. The average molecular weight is 331 g/mol. The molecule has 0 fully saturated rings. The molecular formula is C21H21N3O. The molecule has 0 unspecified atom stereocenters. The fourth-order valence-electron chi connectivity index (χ4n) is 2.53. The molecule has 0 aliphatic carbocycles. The number of carbonyl (C=O) groups excluding carboxylic acids is 1. The van der Waals surface area contributed by atoms with E-state index in [0.29, 0.717) is 5.69 Å². The van der Waals surface area contributed by atoms with E-state index in [4.69, 9.17) is 0 Å². The smallest absolute Gasteiger partial charge is 0.276 e. The lowest BCUT2D eigenvalue weighted by Crippen LogP contribution is -2.26. The Bertz CT molecular complexity index is 827. The fourth-order valence-corrected chi connectivity index (χ4v) is 2.53. The highest BCUT2D eigenvalue weighted by Gasteiger charge is 2.14. The molecule has 0 spiro atoms. The maximum atomic E-state index is 12.5. The Balaban J connectivity index is 1.70. The van der Waals surface area contributed by atoms with E-state index in [9.17, 15) is 4.79 Å². The number of benzene rings is 2. The molecule has 25 heavy (non-hydrogen) atoms. The lowest BCUT2D eigenvalue weighted by Gasteiger charge is -2.16. The highest BCUT2D eigenvalue weighted by Crippen LogP contribution is 2.18. The van der Waals surface area contributed by atoms with Gasteiger partial charge in [0.05, 0.1) is 11.9 Å². The number of aryl methyl sites for hydroxylation is 1. The largest absolute Gasteiger partial charge is 0.354 e. The highest BCUT2D eigenvalue weighted by atomic mass is 16.2. The van der Waals surface area contributed by atoms with Crippen LogP contribution >= 0.6 is 0 Å². The third-order valence-electron chi connectivity index (χ3n) is 4.08. The van der Waals surface area contributed by atoms with Gasteiger partial charge in [0.2, 0.25) is 0 Å².